The Morgan fingerprint density at radius 1 is 0.964 bits per heavy atom. The monoisotopic (exact) mass is 396 g/mol. The predicted octanol–water partition coefficient (Wildman–Crippen LogP) is 3.34. The maximum atomic E-state index is 12.2. The molecule has 8 nitrogen and oxygen atoms in total. The molecule has 0 spiro atoms. The third-order valence-corrected chi connectivity index (χ3v) is 4.69. The zero-order valence-corrected chi connectivity index (χ0v) is 15.4. The van der Waals surface area contributed by atoms with Gasteiger partial charge in [0, 0.05) is 18.2 Å². The number of anilines is 1. The van der Waals surface area contributed by atoms with Gasteiger partial charge in [0.15, 0.2) is 0 Å². The van der Waals surface area contributed by atoms with Crippen LogP contribution in [-0.4, -0.2) is 16.7 Å². The molecule has 0 bridgehead atoms. The minimum atomic E-state index is -0.650. The summed E-state index contributed by atoms with van der Waals surface area (Å²) in [6.45, 7) is 0.407. The standard InChI is InChI=1S/C19H16N4O4S/c24-18(21-22-19(25)17-7-4-10-28-17)14-8-9-15(16(11-14)23(26)27)20-12-13-5-2-1-3-6-13/h1-11,20H,12H2,(H,21,24)(H,22,25). The maximum absolute atomic E-state index is 12.2. The van der Waals surface area contributed by atoms with Crippen LogP contribution in [0.3, 0.4) is 0 Å². The number of hydrogen-bond donors (Lipinski definition) is 3. The van der Waals surface area contributed by atoms with Crippen molar-refractivity contribution in [2.24, 2.45) is 0 Å². The molecular formula is C19H16N4O4S. The highest BCUT2D eigenvalue weighted by Crippen LogP contribution is 2.26. The molecule has 28 heavy (non-hydrogen) atoms. The zero-order chi connectivity index (χ0) is 19.9. The molecule has 1 aromatic heterocycles. The average molecular weight is 396 g/mol. The number of hydrogen-bond acceptors (Lipinski definition) is 6. The normalized spacial score (nSPS) is 10.1. The highest BCUT2D eigenvalue weighted by atomic mass is 32.1. The van der Waals surface area contributed by atoms with Gasteiger partial charge in [-0.15, -0.1) is 11.3 Å². The second-order valence-corrected chi connectivity index (χ2v) is 6.66. The minimum Gasteiger partial charge on any atom is -0.375 e. The Kier molecular flexibility index (Phi) is 5.97. The molecule has 0 aliphatic rings. The largest absolute Gasteiger partial charge is 0.375 e. The first-order valence-electron chi connectivity index (χ1n) is 8.25. The van der Waals surface area contributed by atoms with Crippen LogP contribution in [0.4, 0.5) is 11.4 Å². The van der Waals surface area contributed by atoms with Crippen molar-refractivity contribution < 1.29 is 14.5 Å². The number of thiophene rings is 1. The van der Waals surface area contributed by atoms with E-state index in [4.69, 9.17) is 0 Å². The highest BCUT2D eigenvalue weighted by molar-refractivity contribution is 7.12. The summed E-state index contributed by atoms with van der Waals surface area (Å²) in [4.78, 5) is 35.3. The first kappa shape index (κ1) is 19.1. The van der Waals surface area contributed by atoms with E-state index in [1.165, 1.54) is 29.5 Å². The van der Waals surface area contributed by atoms with E-state index in [1.807, 2.05) is 30.3 Å². The minimum absolute atomic E-state index is 0.0587. The number of carbonyl (C=O) groups excluding carboxylic acids is 2. The maximum Gasteiger partial charge on any atom is 0.293 e. The molecule has 0 aliphatic carbocycles. The van der Waals surface area contributed by atoms with Crippen LogP contribution in [-0.2, 0) is 6.54 Å². The van der Waals surface area contributed by atoms with E-state index in [1.54, 1.807) is 17.5 Å². The van der Waals surface area contributed by atoms with Crippen molar-refractivity contribution in [1.29, 1.82) is 0 Å². The lowest BCUT2D eigenvalue weighted by Crippen LogP contribution is -2.41. The van der Waals surface area contributed by atoms with Crippen molar-refractivity contribution in [2.45, 2.75) is 6.54 Å². The summed E-state index contributed by atoms with van der Waals surface area (Å²) >= 11 is 1.23. The number of benzene rings is 2. The first-order chi connectivity index (χ1) is 13.5. The number of nitro benzene ring substituents is 1. The second-order valence-electron chi connectivity index (χ2n) is 5.71. The quantitative estimate of drug-likeness (QED) is 0.437. The van der Waals surface area contributed by atoms with Crippen LogP contribution in [0.1, 0.15) is 25.6 Å². The molecule has 3 aromatic rings. The van der Waals surface area contributed by atoms with Gasteiger partial charge in [-0.3, -0.25) is 30.6 Å². The molecule has 9 heteroatoms. The molecule has 0 saturated heterocycles. The molecule has 1 heterocycles. The Morgan fingerprint density at radius 3 is 2.39 bits per heavy atom. The van der Waals surface area contributed by atoms with Crippen LogP contribution in [0.5, 0.6) is 0 Å². The molecule has 3 N–H and O–H groups in total. The third-order valence-electron chi connectivity index (χ3n) is 3.82. The van der Waals surface area contributed by atoms with Crippen molar-refractivity contribution in [2.75, 3.05) is 5.32 Å². The molecule has 142 valence electrons. The highest BCUT2D eigenvalue weighted by Gasteiger charge is 2.18. The number of nitro groups is 1. The summed E-state index contributed by atoms with van der Waals surface area (Å²) in [7, 11) is 0. The lowest BCUT2D eigenvalue weighted by molar-refractivity contribution is -0.384. The Hall–Kier alpha value is -3.72. The SMILES string of the molecule is O=C(NNC(=O)c1cccs1)c1ccc(NCc2ccccc2)c([N+](=O)[O-])c1. The topological polar surface area (TPSA) is 113 Å². The summed E-state index contributed by atoms with van der Waals surface area (Å²) in [6.07, 6.45) is 0. The van der Waals surface area contributed by atoms with Gasteiger partial charge in [-0.05, 0) is 29.1 Å². The van der Waals surface area contributed by atoms with Crippen molar-refractivity contribution in [1.82, 2.24) is 10.9 Å². The van der Waals surface area contributed by atoms with Gasteiger partial charge in [0.25, 0.3) is 17.5 Å². The lowest BCUT2D eigenvalue weighted by atomic mass is 10.1. The fourth-order valence-electron chi connectivity index (χ4n) is 2.42. The van der Waals surface area contributed by atoms with Crippen molar-refractivity contribution in [3.05, 3.63) is 92.2 Å². The number of rotatable bonds is 6. The van der Waals surface area contributed by atoms with Gasteiger partial charge in [0.2, 0.25) is 0 Å². The smallest absolute Gasteiger partial charge is 0.293 e. The van der Waals surface area contributed by atoms with E-state index in [-0.39, 0.29) is 11.3 Å². The van der Waals surface area contributed by atoms with Crippen LogP contribution in [0.2, 0.25) is 0 Å². The number of hydrazine groups is 1. The number of nitrogens with zero attached hydrogens (tertiary/aromatic N) is 1. The molecule has 0 aliphatic heterocycles. The van der Waals surface area contributed by atoms with Crippen LogP contribution in [0, 0.1) is 10.1 Å². The average Bonchev–Trinajstić information content (AvgIpc) is 3.26. The van der Waals surface area contributed by atoms with Crippen molar-refractivity contribution in [3.8, 4) is 0 Å². The Balaban J connectivity index is 1.68. The number of carbonyl (C=O) groups is 2. The summed E-state index contributed by atoms with van der Waals surface area (Å²) in [5.41, 5.74) is 5.63. The van der Waals surface area contributed by atoms with Crippen molar-refractivity contribution >= 4 is 34.5 Å². The third kappa shape index (κ3) is 4.71. The first-order valence-corrected chi connectivity index (χ1v) is 9.13. The molecule has 0 fully saturated rings. The lowest BCUT2D eigenvalue weighted by Gasteiger charge is -2.10. The molecule has 0 radical (unpaired) electrons. The van der Waals surface area contributed by atoms with E-state index in [0.717, 1.165) is 5.56 Å². The van der Waals surface area contributed by atoms with Gasteiger partial charge >= 0.3 is 0 Å². The van der Waals surface area contributed by atoms with Gasteiger partial charge in [-0.1, -0.05) is 36.4 Å². The van der Waals surface area contributed by atoms with Gasteiger partial charge < -0.3 is 5.32 Å². The fraction of sp³-hybridized carbons (Fsp3) is 0.0526. The molecule has 2 aromatic carbocycles. The van der Waals surface area contributed by atoms with Gasteiger partial charge in [-0.2, -0.15) is 0 Å². The molecule has 0 saturated carbocycles. The molecule has 0 unspecified atom stereocenters. The van der Waals surface area contributed by atoms with E-state index in [0.29, 0.717) is 17.1 Å². The summed E-state index contributed by atoms with van der Waals surface area (Å²) < 4.78 is 0. The molecular weight excluding hydrogens is 380 g/mol. The van der Waals surface area contributed by atoms with E-state index in [9.17, 15) is 19.7 Å². The molecule has 2 amide bonds. The van der Waals surface area contributed by atoms with Crippen LogP contribution in [0.15, 0.2) is 66.0 Å². The van der Waals surface area contributed by atoms with Crippen LogP contribution < -0.4 is 16.2 Å². The Labute approximate surface area is 164 Å². The summed E-state index contributed by atoms with van der Waals surface area (Å²) in [6, 6.07) is 16.9. The molecule has 0 atom stereocenters. The van der Waals surface area contributed by atoms with Crippen LogP contribution in [0.25, 0.3) is 0 Å². The second kappa shape index (κ2) is 8.78. The van der Waals surface area contributed by atoms with Gasteiger partial charge in [-0.25, -0.2) is 0 Å². The summed E-state index contributed by atoms with van der Waals surface area (Å²) in [5, 5.41) is 16.1. The van der Waals surface area contributed by atoms with E-state index in [2.05, 4.69) is 16.2 Å². The van der Waals surface area contributed by atoms with E-state index >= 15 is 0 Å². The Bertz CT molecular complexity index is 990. The van der Waals surface area contributed by atoms with Gasteiger partial charge in [0.1, 0.15) is 5.69 Å². The Morgan fingerprint density at radius 2 is 1.71 bits per heavy atom. The predicted molar refractivity (Wildman–Crippen MR) is 106 cm³/mol. The number of nitrogens with one attached hydrogen (secondary N) is 3. The number of amides is 2. The molecule has 3 rings (SSSR count). The van der Waals surface area contributed by atoms with E-state index < -0.39 is 16.7 Å². The zero-order valence-electron chi connectivity index (χ0n) is 14.5. The summed E-state index contributed by atoms with van der Waals surface area (Å²) in [5.74, 6) is -1.11. The van der Waals surface area contributed by atoms with Crippen LogP contribution >= 0.6 is 11.3 Å². The van der Waals surface area contributed by atoms with Crippen molar-refractivity contribution in [3.63, 3.8) is 0 Å². The van der Waals surface area contributed by atoms with Gasteiger partial charge in [0.05, 0.1) is 9.80 Å². The fourth-order valence-corrected chi connectivity index (χ4v) is 3.04.